The molecule has 0 aliphatic carbocycles. The standard InChI is InChI=1S/C15H21NO/c1-11(2)5-6-13-7-9-14(10-8-13)15(17)16-12(3)4/h5-12H,1-4H3,(H,16,17). The van der Waals surface area contributed by atoms with E-state index in [1.165, 1.54) is 0 Å². The van der Waals surface area contributed by atoms with Crippen molar-refractivity contribution in [3.63, 3.8) is 0 Å². The van der Waals surface area contributed by atoms with Crippen LogP contribution in [-0.2, 0) is 0 Å². The van der Waals surface area contributed by atoms with Crippen LogP contribution in [0.2, 0.25) is 0 Å². The average Bonchev–Trinajstić information content (AvgIpc) is 2.26. The van der Waals surface area contributed by atoms with Gasteiger partial charge in [0, 0.05) is 11.6 Å². The Balaban J connectivity index is 2.71. The number of amides is 1. The first-order chi connectivity index (χ1) is 7.99. The fourth-order valence-electron chi connectivity index (χ4n) is 1.39. The van der Waals surface area contributed by atoms with Gasteiger partial charge in [-0.15, -0.1) is 0 Å². The first kappa shape index (κ1) is 13.5. The minimum atomic E-state index is -0.0145. The van der Waals surface area contributed by atoms with Crippen LogP contribution >= 0.6 is 0 Å². The summed E-state index contributed by atoms with van der Waals surface area (Å²) in [6.07, 6.45) is 4.22. The average molecular weight is 231 g/mol. The molecule has 0 bridgehead atoms. The Bertz CT molecular complexity index is 388. The molecule has 1 aromatic carbocycles. The zero-order chi connectivity index (χ0) is 12.8. The first-order valence-electron chi connectivity index (χ1n) is 6.08. The summed E-state index contributed by atoms with van der Waals surface area (Å²) in [5, 5.41) is 2.87. The lowest BCUT2D eigenvalue weighted by atomic mass is 10.1. The highest BCUT2D eigenvalue weighted by Crippen LogP contribution is 2.08. The molecule has 92 valence electrons. The van der Waals surface area contributed by atoms with Gasteiger partial charge in [-0.1, -0.05) is 38.1 Å². The van der Waals surface area contributed by atoms with E-state index in [9.17, 15) is 4.79 Å². The number of allylic oxidation sites excluding steroid dienone is 1. The lowest BCUT2D eigenvalue weighted by Gasteiger charge is -2.08. The molecular weight excluding hydrogens is 210 g/mol. The monoisotopic (exact) mass is 231 g/mol. The second-order valence-corrected chi connectivity index (χ2v) is 4.85. The van der Waals surface area contributed by atoms with Gasteiger partial charge in [0.05, 0.1) is 0 Å². The number of carbonyl (C=O) groups is 1. The van der Waals surface area contributed by atoms with Gasteiger partial charge in [-0.05, 0) is 37.5 Å². The van der Waals surface area contributed by atoms with Crippen LogP contribution in [0.1, 0.15) is 43.6 Å². The third kappa shape index (κ3) is 4.85. The lowest BCUT2D eigenvalue weighted by molar-refractivity contribution is 0.0943. The first-order valence-corrected chi connectivity index (χ1v) is 6.08. The lowest BCUT2D eigenvalue weighted by Crippen LogP contribution is -2.29. The number of hydrogen-bond acceptors (Lipinski definition) is 1. The van der Waals surface area contributed by atoms with Gasteiger partial charge >= 0.3 is 0 Å². The molecule has 0 spiro atoms. The number of hydrogen-bond donors (Lipinski definition) is 1. The summed E-state index contributed by atoms with van der Waals surface area (Å²) in [6, 6.07) is 7.82. The number of rotatable bonds is 4. The van der Waals surface area contributed by atoms with E-state index in [0.29, 0.717) is 11.5 Å². The summed E-state index contributed by atoms with van der Waals surface area (Å²) in [4.78, 5) is 11.7. The number of nitrogens with one attached hydrogen (secondary N) is 1. The zero-order valence-corrected chi connectivity index (χ0v) is 11.0. The van der Waals surface area contributed by atoms with Crippen molar-refractivity contribution >= 4 is 12.0 Å². The van der Waals surface area contributed by atoms with Crippen molar-refractivity contribution in [3.8, 4) is 0 Å². The fourth-order valence-corrected chi connectivity index (χ4v) is 1.39. The molecule has 0 fully saturated rings. The molecule has 1 rings (SSSR count). The number of benzene rings is 1. The van der Waals surface area contributed by atoms with Gasteiger partial charge in [-0.2, -0.15) is 0 Å². The van der Waals surface area contributed by atoms with Crippen molar-refractivity contribution in [1.29, 1.82) is 0 Å². The van der Waals surface area contributed by atoms with Gasteiger partial charge in [0.25, 0.3) is 5.91 Å². The predicted octanol–water partition coefficient (Wildman–Crippen LogP) is 3.49. The molecule has 0 unspecified atom stereocenters. The van der Waals surface area contributed by atoms with Crippen LogP contribution in [0, 0.1) is 5.92 Å². The summed E-state index contributed by atoms with van der Waals surface area (Å²) in [6.45, 7) is 8.19. The topological polar surface area (TPSA) is 29.1 Å². The van der Waals surface area contributed by atoms with Crippen LogP contribution in [-0.4, -0.2) is 11.9 Å². The van der Waals surface area contributed by atoms with Gasteiger partial charge < -0.3 is 5.32 Å². The Morgan fingerprint density at radius 1 is 1.12 bits per heavy atom. The van der Waals surface area contributed by atoms with Crippen LogP contribution in [0.5, 0.6) is 0 Å². The highest BCUT2D eigenvalue weighted by atomic mass is 16.1. The molecule has 0 saturated heterocycles. The van der Waals surface area contributed by atoms with Gasteiger partial charge in [0.15, 0.2) is 0 Å². The summed E-state index contributed by atoms with van der Waals surface area (Å²) >= 11 is 0. The summed E-state index contributed by atoms with van der Waals surface area (Å²) < 4.78 is 0. The SMILES string of the molecule is CC(C)C=Cc1ccc(C(=O)NC(C)C)cc1. The van der Waals surface area contributed by atoms with Gasteiger partial charge in [0.1, 0.15) is 0 Å². The zero-order valence-electron chi connectivity index (χ0n) is 11.0. The fraction of sp³-hybridized carbons (Fsp3) is 0.400. The van der Waals surface area contributed by atoms with Gasteiger partial charge in [-0.25, -0.2) is 0 Å². The normalized spacial score (nSPS) is 11.4. The molecular formula is C15H21NO. The Kier molecular flexibility index (Phi) is 4.95. The van der Waals surface area contributed by atoms with E-state index >= 15 is 0 Å². The molecule has 0 heterocycles. The second-order valence-electron chi connectivity index (χ2n) is 4.85. The highest BCUT2D eigenvalue weighted by Gasteiger charge is 2.05. The van der Waals surface area contributed by atoms with Crippen molar-refractivity contribution in [2.24, 2.45) is 5.92 Å². The largest absolute Gasteiger partial charge is 0.350 e. The number of carbonyl (C=O) groups excluding carboxylic acids is 1. The molecule has 2 nitrogen and oxygen atoms in total. The molecule has 0 aliphatic heterocycles. The van der Waals surface area contributed by atoms with Crippen molar-refractivity contribution in [3.05, 3.63) is 41.5 Å². The Labute approximate surface area is 104 Å². The molecule has 17 heavy (non-hydrogen) atoms. The third-order valence-electron chi connectivity index (χ3n) is 2.27. The second kappa shape index (κ2) is 6.24. The van der Waals surface area contributed by atoms with E-state index in [0.717, 1.165) is 5.56 Å². The van der Waals surface area contributed by atoms with Crippen LogP contribution in [0.15, 0.2) is 30.3 Å². The molecule has 0 atom stereocenters. The summed E-state index contributed by atoms with van der Waals surface area (Å²) in [5.41, 5.74) is 1.83. The molecule has 2 heteroatoms. The van der Waals surface area contributed by atoms with Crippen molar-refractivity contribution < 1.29 is 4.79 Å². The van der Waals surface area contributed by atoms with Crippen LogP contribution in [0.25, 0.3) is 6.08 Å². The quantitative estimate of drug-likeness (QED) is 0.844. The predicted molar refractivity (Wildman–Crippen MR) is 72.9 cm³/mol. The van der Waals surface area contributed by atoms with E-state index in [4.69, 9.17) is 0 Å². The van der Waals surface area contributed by atoms with Crippen molar-refractivity contribution in [1.82, 2.24) is 5.32 Å². The maximum Gasteiger partial charge on any atom is 0.251 e. The maximum atomic E-state index is 11.7. The summed E-state index contributed by atoms with van der Waals surface area (Å²) in [5.74, 6) is 0.526. The maximum absolute atomic E-state index is 11.7. The van der Waals surface area contributed by atoms with Crippen LogP contribution in [0.4, 0.5) is 0 Å². The molecule has 0 saturated carbocycles. The summed E-state index contributed by atoms with van der Waals surface area (Å²) in [7, 11) is 0. The van der Waals surface area contributed by atoms with E-state index in [1.807, 2.05) is 38.1 Å². The van der Waals surface area contributed by atoms with Crippen molar-refractivity contribution in [2.75, 3.05) is 0 Å². The Morgan fingerprint density at radius 3 is 2.18 bits per heavy atom. The van der Waals surface area contributed by atoms with E-state index < -0.39 is 0 Å². The smallest absolute Gasteiger partial charge is 0.251 e. The molecule has 0 aliphatic rings. The minimum Gasteiger partial charge on any atom is -0.350 e. The van der Waals surface area contributed by atoms with E-state index in [-0.39, 0.29) is 11.9 Å². The molecule has 1 amide bonds. The van der Waals surface area contributed by atoms with Crippen LogP contribution < -0.4 is 5.32 Å². The third-order valence-corrected chi connectivity index (χ3v) is 2.27. The Morgan fingerprint density at radius 2 is 1.71 bits per heavy atom. The Hall–Kier alpha value is -1.57. The van der Waals surface area contributed by atoms with Gasteiger partial charge in [-0.3, -0.25) is 4.79 Å². The molecule has 1 N–H and O–H groups in total. The van der Waals surface area contributed by atoms with E-state index in [1.54, 1.807) is 0 Å². The van der Waals surface area contributed by atoms with E-state index in [2.05, 4.69) is 31.3 Å². The van der Waals surface area contributed by atoms with Crippen molar-refractivity contribution in [2.45, 2.75) is 33.7 Å². The van der Waals surface area contributed by atoms with Gasteiger partial charge in [0.2, 0.25) is 0 Å². The minimum absolute atomic E-state index is 0.0145. The molecule has 1 aromatic rings. The highest BCUT2D eigenvalue weighted by molar-refractivity contribution is 5.94. The molecule has 0 aromatic heterocycles. The van der Waals surface area contributed by atoms with Crippen LogP contribution in [0.3, 0.4) is 0 Å². The molecule has 0 radical (unpaired) electrons.